The van der Waals surface area contributed by atoms with E-state index in [9.17, 15) is 0 Å². The van der Waals surface area contributed by atoms with Crippen LogP contribution >= 0.6 is 0 Å². The summed E-state index contributed by atoms with van der Waals surface area (Å²) in [7, 11) is 0. The van der Waals surface area contributed by atoms with Gasteiger partial charge >= 0.3 is 0 Å². The number of nitrogens with one attached hydrogen (secondary N) is 1. The van der Waals surface area contributed by atoms with Crippen molar-refractivity contribution in [3.63, 3.8) is 0 Å². The van der Waals surface area contributed by atoms with Crippen molar-refractivity contribution in [1.29, 1.82) is 0 Å². The van der Waals surface area contributed by atoms with Crippen LogP contribution < -0.4 is 11.1 Å². The van der Waals surface area contributed by atoms with Gasteiger partial charge in [-0.25, -0.2) is 0 Å². The summed E-state index contributed by atoms with van der Waals surface area (Å²) in [5, 5.41) is 3.15. The number of nitrogens with two attached hydrogens (primary N) is 1. The van der Waals surface area contributed by atoms with Gasteiger partial charge < -0.3 is 11.1 Å². The van der Waals surface area contributed by atoms with E-state index in [0.717, 1.165) is 23.7 Å². The van der Waals surface area contributed by atoms with E-state index >= 15 is 0 Å². The lowest BCUT2D eigenvalue weighted by Crippen LogP contribution is -1.99. The van der Waals surface area contributed by atoms with Crippen molar-refractivity contribution < 1.29 is 0 Å². The van der Waals surface area contributed by atoms with Crippen LogP contribution in [-0.4, -0.2) is 0 Å². The van der Waals surface area contributed by atoms with E-state index in [-0.39, 0.29) is 0 Å². The van der Waals surface area contributed by atoms with Gasteiger partial charge in [-0.05, 0) is 54.5 Å². The number of rotatable bonds is 3. The maximum Gasteiger partial charge on any atom is 0.0692 e. The second-order valence-corrected chi connectivity index (χ2v) is 5.66. The van der Waals surface area contributed by atoms with E-state index < -0.39 is 0 Å². The Bertz CT molecular complexity index is 689. The van der Waals surface area contributed by atoms with E-state index in [1.807, 2.05) is 18.2 Å². The predicted molar refractivity (Wildman–Crippen MR) is 89.1 cm³/mol. The Hall–Kier alpha value is -2.40. The lowest BCUT2D eigenvalue weighted by atomic mass is 10.0. The van der Waals surface area contributed by atoms with Crippen molar-refractivity contribution in [2.24, 2.45) is 0 Å². The molecule has 0 unspecified atom stereocenters. The molecule has 0 heterocycles. The minimum Gasteiger partial charge on any atom is -0.397 e. The van der Waals surface area contributed by atoms with E-state index in [0.29, 0.717) is 0 Å². The zero-order valence-electron chi connectivity index (χ0n) is 12.3. The quantitative estimate of drug-likeness (QED) is 0.504. The molecule has 1 aliphatic rings. The minimum absolute atomic E-state index is 0.725. The Balaban J connectivity index is 1.69. The lowest BCUT2D eigenvalue weighted by Gasteiger charge is -2.10. The third kappa shape index (κ3) is 3.38. The molecular weight excluding hydrogens is 256 g/mol. The van der Waals surface area contributed by atoms with Gasteiger partial charge in [0.25, 0.3) is 0 Å². The fraction of sp³-hybridized carbons (Fsp3) is 0.263. The minimum atomic E-state index is 0.725. The average molecular weight is 276 g/mol. The molecule has 106 valence electrons. The molecule has 2 heteroatoms. The summed E-state index contributed by atoms with van der Waals surface area (Å²) >= 11 is 0. The topological polar surface area (TPSA) is 38.0 Å². The molecule has 0 saturated heterocycles. The van der Waals surface area contributed by atoms with Crippen LogP contribution in [0.15, 0.2) is 42.5 Å². The number of aryl methyl sites for hydroxylation is 1. The van der Waals surface area contributed by atoms with Gasteiger partial charge in [-0.2, -0.15) is 0 Å². The number of nitrogen functional groups attached to an aromatic ring is 1. The van der Waals surface area contributed by atoms with Gasteiger partial charge in [0.15, 0.2) is 0 Å². The summed E-state index contributed by atoms with van der Waals surface area (Å²) in [6.07, 6.45) is 3.34. The van der Waals surface area contributed by atoms with Crippen LogP contribution in [0.1, 0.15) is 35.4 Å². The fourth-order valence-electron chi connectivity index (χ4n) is 2.54. The van der Waals surface area contributed by atoms with Crippen molar-refractivity contribution in [3.8, 4) is 12.0 Å². The monoisotopic (exact) mass is 276 g/mol. The van der Waals surface area contributed by atoms with E-state index in [4.69, 9.17) is 5.73 Å². The van der Waals surface area contributed by atoms with Crippen molar-refractivity contribution in [2.45, 2.75) is 32.1 Å². The number of hydrogen-bond donors (Lipinski definition) is 2. The normalized spacial score (nSPS) is 13.4. The zero-order chi connectivity index (χ0) is 14.7. The molecule has 0 radical (unpaired) electrons. The first-order valence-corrected chi connectivity index (χ1v) is 7.42. The maximum atomic E-state index is 6.07. The Morgan fingerprint density at radius 2 is 1.95 bits per heavy atom. The predicted octanol–water partition coefficient (Wildman–Crippen LogP) is 4.07. The molecule has 21 heavy (non-hydrogen) atoms. The molecule has 2 aromatic rings. The van der Waals surface area contributed by atoms with Gasteiger partial charge in [0.2, 0.25) is 0 Å². The molecule has 0 bridgehead atoms. The molecule has 1 saturated carbocycles. The molecule has 2 aromatic carbocycles. The Labute approximate surface area is 126 Å². The molecular formula is C19H20N2. The smallest absolute Gasteiger partial charge is 0.0692 e. The van der Waals surface area contributed by atoms with Gasteiger partial charge in [-0.15, -0.1) is 0 Å². The van der Waals surface area contributed by atoms with Gasteiger partial charge in [0.1, 0.15) is 0 Å². The molecule has 2 nitrogen and oxygen atoms in total. The highest BCUT2D eigenvalue weighted by molar-refractivity contribution is 5.71. The second kappa shape index (κ2) is 5.93. The molecule has 3 rings (SSSR count). The van der Waals surface area contributed by atoms with Crippen LogP contribution in [-0.2, 0) is 6.42 Å². The van der Waals surface area contributed by atoms with Crippen LogP contribution in [0, 0.1) is 18.9 Å². The largest absolute Gasteiger partial charge is 0.397 e. The molecule has 3 N–H and O–H groups in total. The lowest BCUT2D eigenvalue weighted by molar-refractivity contribution is 1.10. The highest BCUT2D eigenvalue weighted by atomic mass is 14.9. The highest BCUT2D eigenvalue weighted by Crippen LogP contribution is 2.43. The second-order valence-electron chi connectivity index (χ2n) is 5.66. The average Bonchev–Trinajstić information content (AvgIpc) is 3.31. The van der Waals surface area contributed by atoms with Crippen LogP contribution in [0.4, 0.5) is 11.4 Å². The molecule has 0 atom stereocenters. The summed E-state index contributed by atoms with van der Waals surface area (Å²) in [5.74, 6) is 3.87. The molecule has 0 aliphatic heterocycles. The molecule has 1 fully saturated rings. The van der Waals surface area contributed by atoms with Crippen LogP contribution in [0.2, 0.25) is 0 Å². The summed E-state index contributed by atoms with van der Waals surface area (Å²) in [6.45, 7) is 2.13. The molecule has 0 spiro atoms. The Morgan fingerprint density at radius 3 is 2.67 bits per heavy atom. The zero-order valence-corrected chi connectivity index (χ0v) is 12.3. The van der Waals surface area contributed by atoms with Crippen LogP contribution in [0.3, 0.4) is 0 Å². The Morgan fingerprint density at radius 1 is 1.19 bits per heavy atom. The van der Waals surface area contributed by atoms with Gasteiger partial charge in [-0.1, -0.05) is 36.3 Å². The summed E-state index contributed by atoms with van der Waals surface area (Å²) in [6, 6.07) is 17.5. The highest BCUT2D eigenvalue weighted by Gasteiger charge is 2.25. The fourth-order valence-corrected chi connectivity index (χ4v) is 2.54. The Kier molecular flexibility index (Phi) is 3.83. The van der Waals surface area contributed by atoms with Crippen LogP contribution in [0.5, 0.6) is 0 Å². The van der Waals surface area contributed by atoms with Crippen molar-refractivity contribution in [1.82, 2.24) is 0 Å². The van der Waals surface area contributed by atoms with Gasteiger partial charge in [0, 0.05) is 12.5 Å². The van der Waals surface area contributed by atoms with E-state index in [1.165, 1.54) is 29.5 Å². The first-order valence-electron chi connectivity index (χ1n) is 7.42. The number of hydrogen-bond acceptors (Lipinski definition) is 2. The summed E-state index contributed by atoms with van der Waals surface area (Å²) < 4.78 is 0. The van der Waals surface area contributed by atoms with Crippen LogP contribution in [0.25, 0.3) is 0 Å². The third-order valence-corrected chi connectivity index (χ3v) is 3.88. The number of anilines is 2. The van der Waals surface area contributed by atoms with Crippen molar-refractivity contribution in [3.05, 3.63) is 59.2 Å². The molecule has 0 amide bonds. The van der Waals surface area contributed by atoms with Crippen molar-refractivity contribution >= 4 is 11.4 Å². The first-order chi connectivity index (χ1) is 10.2. The van der Waals surface area contributed by atoms with Crippen molar-refractivity contribution in [2.75, 3.05) is 11.1 Å². The summed E-state index contributed by atoms with van der Waals surface area (Å²) in [5.41, 5.74) is 11.7. The summed E-state index contributed by atoms with van der Waals surface area (Å²) in [4.78, 5) is 0. The maximum absolute atomic E-state index is 6.07. The van der Waals surface area contributed by atoms with E-state index in [2.05, 4.69) is 48.5 Å². The molecule has 1 aliphatic carbocycles. The SMILES string of the molecule is Cc1cc(N)c(NC#CCc2ccccc2)cc1C1CC1. The molecule has 0 aromatic heterocycles. The standard InChI is InChI=1S/C19H20N2/c1-14-12-18(20)19(13-17(14)16-9-10-16)21-11-5-8-15-6-3-2-4-7-15/h2-4,6-7,12-13,16,21H,8-10,20H2,1H3. The van der Waals surface area contributed by atoms with E-state index in [1.54, 1.807) is 0 Å². The third-order valence-electron chi connectivity index (χ3n) is 3.88. The van der Waals surface area contributed by atoms with Gasteiger partial charge in [0.05, 0.1) is 11.4 Å². The van der Waals surface area contributed by atoms with Gasteiger partial charge in [-0.3, -0.25) is 0 Å². The number of benzene rings is 2. The first kappa shape index (κ1) is 13.6.